The van der Waals surface area contributed by atoms with Crippen molar-refractivity contribution in [2.45, 2.75) is 98.3 Å². The van der Waals surface area contributed by atoms with Crippen LogP contribution in [0, 0.1) is 13.8 Å². The first-order chi connectivity index (χ1) is 16.8. The Hall–Kier alpha value is -3.10. The maximum Gasteiger partial charge on any atom is 0.408 e. The maximum atomic E-state index is 13.8. The summed E-state index contributed by atoms with van der Waals surface area (Å²) in [4.78, 5) is 52.7. The van der Waals surface area contributed by atoms with Gasteiger partial charge in [0.15, 0.2) is 0 Å². The van der Waals surface area contributed by atoms with Gasteiger partial charge in [0, 0.05) is 19.5 Å². The third-order valence-electron chi connectivity index (χ3n) is 5.66. The first-order valence-corrected chi connectivity index (χ1v) is 12.7. The molecule has 202 valence electrons. The number of carbonyl (C=O) groups excluding carboxylic acids is 4. The smallest absolute Gasteiger partial charge is 0.408 e. The van der Waals surface area contributed by atoms with Crippen molar-refractivity contribution in [1.82, 2.24) is 15.5 Å². The minimum absolute atomic E-state index is 0.0124. The van der Waals surface area contributed by atoms with E-state index in [4.69, 9.17) is 10.5 Å². The number of likely N-dealkylation sites (N-methyl/N-ethyl adjacent to an activating group) is 1. The molecule has 2 atom stereocenters. The number of hydrogen-bond acceptors (Lipinski definition) is 5. The van der Waals surface area contributed by atoms with Gasteiger partial charge in [0.2, 0.25) is 17.7 Å². The first-order valence-electron chi connectivity index (χ1n) is 12.7. The van der Waals surface area contributed by atoms with Gasteiger partial charge in [-0.3, -0.25) is 14.4 Å². The average Bonchev–Trinajstić information content (AvgIpc) is 2.77. The molecule has 2 unspecified atom stereocenters. The van der Waals surface area contributed by atoms with E-state index in [9.17, 15) is 19.2 Å². The number of primary amides is 1. The summed E-state index contributed by atoms with van der Waals surface area (Å²) >= 11 is 0. The topological polar surface area (TPSA) is 131 Å². The zero-order valence-corrected chi connectivity index (χ0v) is 22.9. The second-order valence-corrected chi connectivity index (χ2v) is 10.1. The van der Waals surface area contributed by atoms with E-state index in [0.717, 1.165) is 30.4 Å². The van der Waals surface area contributed by atoms with E-state index >= 15 is 0 Å². The van der Waals surface area contributed by atoms with Gasteiger partial charge in [0.05, 0.1) is 0 Å². The van der Waals surface area contributed by atoms with Crippen molar-refractivity contribution < 1.29 is 23.9 Å². The lowest BCUT2D eigenvalue weighted by atomic mass is 9.95. The van der Waals surface area contributed by atoms with Gasteiger partial charge in [0.25, 0.3) is 0 Å². The minimum Gasteiger partial charge on any atom is -0.444 e. The Balaban J connectivity index is 3.38. The highest BCUT2D eigenvalue weighted by molar-refractivity contribution is 5.92. The molecular weight excluding hydrogens is 460 g/mol. The zero-order chi connectivity index (χ0) is 27.5. The number of rotatable bonds is 13. The number of hydrogen-bond donors (Lipinski definition) is 3. The van der Waals surface area contributed by atoms with Gasteiger partial charge in [-0.15, -0.1) is 0 Å². The number of nitrogens with one attached hydrogen (secondary N) is 2. The van der Waals surface area contributed by atoms with E-state index in [2.05, 4.69) is 17.6 Å². The Morgan fingerprint density at radius 1 is 1.08 bits per heavy atom. The molecule has 1 rings (SSSR count). The molecule has 1 aromatic rings. The molecule has 4 amide bonds. The van der Waals surface area contributed by atoms with Crippen LogP contribution in [0.4, 0.5) is 4.79 Å². The Labute approximate surface area is 215 Å². The largest absolute Gasteiger partial charge is 0.444 e. The number of amides is 4. The Morgan fingerprint density at radius 2 is 1.75 bits per heavy atom. The lowest BCUT2D eigenvalue weighted by molar-refractivity contribution is -0.142. The third kappa shape index (κ3) is 10.3. The molecule has 1 aromatic carbocycles. The number of nitrogens with zero attached hydrogens (tertiary/aromatic N) is 1. The highest BCUT2D eigenvalue weighted by atomic mass is 16.6. The van der Waals surface area contributed by atoms with E-state index in [1.807, 2.05) is 32.0 Å². The highest BCUT2D eigenvalue weighted by Gasteiger charge is 2.36. The summed E-state index contributed by atoms with van der Waals surface area (Å²) in [6.07, 6.45) is 1.94. The molecule has 0 aliphatic heterocycles. The number of aryl methyl sites for hydroxylation is 2. The monoisotopic (exact) mass is 504 g/mol. The van der Waals surface area contributed by atoms with Crippen molar-refractivity contribution >= 4 is 23.8 Å². The molecule has 0 fully saturated rings. The first kappa shape index (κ1) is 30.9. The van der Waals surface area contributed by atoms with Crippen molar-refractivity contribution in [3.05, 3.63) is 34.9 Å². The predicted octanol–water partition coefficient (Wildman–Crippen LogP) is 3.66. The number of benzene rings is 1. The van der Waals surface area contributed by atoms with Crippen LogP contribution in [0.25, 0.3) is 0 Å². The van der Waals surface area contributed by atoms with Crippen molar-refractivity contribution in [2.24, 2.45) is 5.73 Å². The van der Waals surface area contributed by atoms with Crippen LogP contribution in [-0.4, -0.2) is 53.4 Å². The molecule has 0 radical (unpaired) electrons. The second kappa shape index (κ2) is 14.5. The summed E-state index contributed by atoms with van der Waals surface area (Å²) in [5.74, 6) is -1.37. The lowest BCUT2D eigenvalue weighted by Gasteiger charge is -2.34. The van der Waals surface area contributed by atoms with Crippen LogP contribution in [0.1, 0.15) is 89.5 Å². The molecule has 0 bridgehead atoms. The van der Waals surface area contributed by atoms with Crippen molar-refractivity contribution in [2.75, 3.05) is 13.1 Å². The van der Waals surface area contributed by atoms with Gasteiger partial charge >= 0.3 is 6.09 Å². The van der Waals surface area contributed by atoms with Crippen LogP contribution in [0.3, 0.4) is 0 Å². The molecule has 0 aliphatic carbocycles. The summed E-state index contributed by atoms with van der Waals surface area (Å²) in [5.41, 5.74) is 7.09. The molecule has 4 N–H and O–H groups in total. The van der Waals surface area contributed by atoms with Gasteiger partial charge in [-0.1, -0.05) is 43.5 Å². The number of unbranched alkanes of at least 4 members (excludes halogenated alkanes) is 2. The van der Waals surface area contributed by atoms with Gasteiger partial charge in [0.1, 0.15) is 17.7 Å². The van der Waals surface area contributed by atoms with E-state index in [1.54, 1.807) is 27.7 Å². The standard InChI is InChI=1S/C27H44N4O5/c1-8-10-11-16-29-24(33)23(20-17-18(3)12-13-19(20)4)31(9-2)25(34)21(14-15-22(28)32)30-26(35)36-27(5,6)7/h12-13,17,21,23H,8-11,14-16H2,1-7H3,(H2,28,32)(H,29,33)(H,30,35). The fraction of sp³-hybridized carbons (Fsp3) is 0.630. The van der Waals surface area contributed by atoms with Crippen LogP contribution in [0.2, 0.25) is 0 Å². The molecule has 0 heterocycles. The summed E-state index contributed by atoms with van der Waals surface area (Å²) in [7, 11) is 0. The molecule has 0 saturated carbocycles. The van der Waals surface area contributed by atoms with Gasteiger partial charge < -0.3 is 26.0 Å². The molecule has 9 heteroatoms. The van der Waals surface area contributed by atoms with Crippen LogP contribution < -0.4 is 16.4 Å². The van der Waals surface area contributed by atoms with E-state index in [1.165, 1.54) is 4.90 Å². The highest BCUT2D eigenvalue weighted by Crippen LogP contribution is 2.27. The number of alkyl carbamates (subject to hydrolysis) is 1. The molecular formula is C27H44N4O5. The second-order valence-electron chi connectivity index (χ2n) is 10.1. The summed E-state index contributed by atoms with van der Waals surface area (Å²) in [5, 5.41) is 5.56. The Morgan fingerprint density at radius 3 is 2.31 bits per heavy atom. The molecule has 9 nitrogen and oxygen atoms in total. The number of carbonyl (C=O) groups is 4. The minimum atomic E-state index is -1.09. The SMILES string of the molecule is CCCCCNC(=O)C(c1cc(C)ccc1C)N(CC)C(=O)C(CCC(N)=O)NC(=O)OC(C)(C)C. The quantitative estimate of drug-likeness (QED) is 0.353. The van der Waals surface area contributed by atoms with Crippen LogP contribution >= 0.6 is 0 Å². The summed E-state index contributed by atoms with van der Waals surface area (Å²) < 4.78 is 5.33. The summed E-state index contributed by atoms with van der Waals surface area (Å²) in [6.45, 7) is 13.5. The van der Waals surface area contributed by atoms with E-state index in [0.29, 0.717) is 12.1 Å². The fourth-order valence-corrected chi connectivity index (χ4v) is 3.85. The van der Waals surface area contributed by atoms with Crippen LogP contribution in [-0.2, 0) is 19.1 Å². The van der Waals surface area contributed by atoms with Gasteiger partial charge in [-0.25, -0.2) is 4.79 Å². The third-order valence-corrected chi connectivity index (χ3v) is 5.66. The fourth-order valence-electron chi connectivity index (χ4n) is 3.85. The lowest BCUT2D eigenvalue weighted by Crippen LogP contribution is -2.53. The summed E-state index contributed by atoms with van der Waals surface area (Å²) in [6, 6.07) is 3.78. The van der Waals surface area contributed by atoms with Crippen LogP contribution in [0.5, 0.6) is 0 Å². The maximum absolute atomic E-state index is 13.8. The van der Waals surface area contributed by atoms with E-state index < -0.39 is 35.6 Å². The number of nitrogens with two attached hydrogens (primary N) is 1. The Bertz CT molecular complexity index is 910. The average molecular weight is 505 g/mol. The van der Waals surface area contributed by atoms with Crippen molar-refractivity contribution in [3.63, 3.8) is 0 Å². The van der Waals surface area contributed by atoms with Gasteiger partial charge in [-0.2, -0.15) is 0 Å². The van der Waals surface area contributed by atoms with Crippen molar-refractivity contribution in [1.29, 1.82) is 0 Å². The molecule has 0 saturated heterocycles. The Kier molecular flexibility index (Phi) is 12.4. The molecule has 0 aliphatic rings. The molecule has 0 spiro atoms. The number of ether oxygens (including phenoxy) is 1. The molecule has 0 aromatic heterocycles. The van der Waals surface area contributed by atoms with Crippen molar-refractivity contribution in [3.8, 4) is 0 Å². The van der Waals surface area contributed by atoms with Crippen LogP contribution in [0.15, 0.2) is 18.2 Å². The normalized spacial score (nSPS) is 12.9. The predicted molar refractivity (Wildman–Crippen MR) is 140 cm³/mol. The van der Waals surface area contributed by atoms with E-state index in [-0.39, 0.29) is 25.3 Å². The molecule has 36 heavy (non-hydrogen) atoms. The zero-order valence-electron chi connectivity index (χ0n) is 22.9. The van der Waals surface area contributed by atoms with Gasteiger partial charge in [-0.05, 0) is 65.5 Å².